The molecular formula is C13H21BrN4O. The first-order valence-electron chi connectivity index (χ1n) is 6.86. The van der Waals surface area contributed by atoms with Gasteiger partial charge in [-0.1, -0.05) is 0 Å². The number of nitrogens with one attached hydrogen (secondary N) is 1. The van der Waals surface area contributed by atoms with Gasteiger partial charge in [0.1, 0.15) is 5.82 Å². The van der Waals surface area contributed by atoms with E-state index in [1.165, 1.54) is 6.42 Å². The van der Waals surface area contributed by atoms with Crippen LogP contribution in [0.15, 0.2) is 10.7 Å². The molecule has 0 bridgehead atoms. The number of anilines is 2. The van der Waals surface area contributed by atoms with Crippen molar-refractivity contribution in [2.45, 2.75) is 26.2 Å². The maximum absolute atomic E-state index is 9.08. The molecule has 1 aromatic heterocycles. The number of hydrogen-bond donors (Lipinski definition) is 2. The Hall–Kier alpha value is -0.880. The number of aromatic nitrogens is 2. The number of hydrogen-bond acceptors (Lipinski definition) is 5. The molecule has 106 valence electrons. The van der Waals surface area contributed by atoms with E-state index >= 15 is 0 Å². The van der Waals surface area contributed by atoms with Gasteiger partial charge in [0.2, 0.25) is 5.95 Å². The Morgan fingerprint density at radius 3 is 3.16 bits per heavy atom. The Morgan fingerprint density at radius 2 is 2.42 bits per heavy atom. The number of aliphatic hydroxyl groups is 1. The van der Waals surface area contributed by atoms with Gasteiger partial charge in [-0.15, -0.1) is 0 Å². The first kappa shape index (κ1) is 14.5. The van der Waals surface area contributed by atoms with Crippen molar-refractivity contribution in [2.75, 3.05) is 36.5 Å². The van der Waals surface area contributed by atoms with Crippen molar-refractivity contribution in [1.82, 2.24) is 9.97 Å². The average molecular weight is 329 g/mol. The zero-order valence-corrected chi connectivity index (χ0v) is 12.9. The molecule has 1 saturated heterocycles. The lowest BCUT2D eigenvalue weighted by Gasteiger charge is -2.34. The highest BCUT2D eigenvalue weighted by molar-refractivity contribution is 9.10. The maximum Gasteiger partial charge on any atom is 0.224 e. The minimum Gasteiger partial charge on any atom is -0.396 e. The molecule has 19 heavy (non-hydrogen) atoms. The lowest BCUT2D eigenvalue weighted by atomic mass is 9.95. The summed E-state index contributed by atoms with van der Waals surface area (Å²) < 4.78 is 0.929. The summed E-state index contributed by atoms with van der Waals surface area (Å²) in [6.45, 7) is 5.09. The van der Waals surface area contributed by atoms with Gasteiger partial charge in [0, 0.05) is 32.4 Å². The molecule has 2 heterocycles. The summed E-state index contributed by atoms with van der Waals surface area (Å²) in [5.41, 5.74) is 0. The summed E-state index contributed by atoms with van der Waals surface area (Å²) in [5, 5.41) is 12.2. The predicted molar refractivity (Wildman–Crippen MR) is 80.5 cm³/mol. The Morgan fingerprint density at radius 1 is 1.58 bits per heavy atom. The average Bonchev–Trinajstić information content (AvgIpc) is 2.42. The Labute approximate surface area is 122 Å². The molecule has 6 heteroatoms. The summed E-state index contributed by atoms with van der Waals surface area (Å²) in [6, 6.07) is 0. The molecule has 1 aromatic rings. The summed E-state index contributed by atoms with van der Waals surface area (Å²) in [6.07, 6.45) is 5.02. The molecule has 1 aliphatic heterocycles. The second kappa shape index (κ2) is 7.05. The van der Waals surface area contributed by atoms with Crippen LogP contribution in [0.5, 0.6) is 0 Å². The van der Waals surface area contributed by atoms with Crippen LogP contribution in [-0.2, 0) is 0 Å². The maximum atomic E-state index is 9.08. The third-order valence-electron chi connectivity index (χ3n) is 3.42. The van der Waals surface area contributed by atoms with Crippen LogP contribution in [0, 0.1) is 5.92 Å². The van der Waals surface area contributed by atoms with Gasteiger partial charge >= 0.3 is 0 Å². The molecule has 1 atom stereocenters. The monoisotopic (exact) mass is 328 g/mol. The van der Waals surface area contributed by atoms with Gasteiger partial charge in [0.05, 0.1) is 4.47 Å². The minimum atomic E-state index is 0.270. The molecule has 5 nitrogen and oxygen atoms in total. The van der Waals surface area contributed by atoms with Crippen molar-refractivity contribution in [3.05, 3.63) is 10.7 Å². The molecule has 1 aliphatic rings. The molecular weight excluding hydrogens is 308 g/mol. The number of nitrogens with zero attached hydrogens (tertiary/aromatic N) is 3. The predicted octanol–water partition coefficient (Wildman–Crippen LogP) is 2.27. The fraction of sp³-hybridized carbons (Fsp3) is 0.692. The van der Waals surface area contributed by atoms with Gasteiger partial charge in [-0.05, 0) is 48.0 Å². The molecule has 1 fully saturated rings. The number of aliphatic hydroxyl groups excluding tert-OH is 1. The molecule has 2 rings (SSSR count). The van der Waals surface area contributed by atoms with Crippen LogP contribution in [-0.4, -0.2) is 41.3 Å². The minimum absolute atomic E-state index is 0.270. The van der Waals surface area contributed by atoms with Gasteiger partial charge in [-0.25, -0.2) is 4.98 Å². The van der Waals surface area contributed by atoms with E-state index in [1.54, 1.807) is 6.20 Å². The van der Waals surface area contributed by atoms with E-state index < -0.39 is 0 Å². The largest absolute Gasteiger partial charge is 0.396 e. The van der Waals surface area contributed by atoms with E-state index in [9.17, 15) is 0 Å². The van der Waals surface area contributed by atoms with Gasteiger partial charge in [-0.2, -0.15) is 4.98 Å². The van der Waals surface area contributed by atoms with Gasteiger partial charge in [0.15, 0.2) is 0 Å². The van der Waals surface area contributed by atoms with Crippen LogP contribution >= 0.6 is 15.9 Å². The molecule has 2 N–H and O–H groups in total. The highest BCUT2D eigenvalue weighted by Gasteiger charge is 2.22. The zero-order valence-electron chi connectivity index (χ0n) is 11.3. The van der Waals surface area contributed by atoms with E-state index in [0.717, 1.165) is 42.8 Å². The van der Waals surface area contributed by atoms with Crippen LogP contribution in [0.3, 0.4) is 0 Å². The summed E-state index contributed by atoms with van der Waals surface area (Å²) >= 11 is 3.53. The molecule has 0 aromatic carbocycles. The standard InChI is InChI=1S/C13H21BrN4O/c1-2-15-13-16-8-11(14)12(17-13)18-6-3-4-10(9-18)5-7-19/h8,10,19H,2-7,9H2,1H3,(H,15,16,17). The van der Waals surface area contributed by atoms with Crippen molar-refractivity contribution in [2.24, 2.45) is 5.92 Å². The van der Waals surface area contributed by atoms with Gasteiger partial charge in [-0.3, -0.25) is 0 Å². The van der Waals surface area contributed by atoms with Crippen LogP contribution in [0.2, 0.25) is 0 Å². The normalized spacial score (nSPS) is 19.5. The van der Waals surface area contributed by atoms with E-state index in [2.05, 4.69) is 36.1 Å². The van der Waals surface area contributed by atoms with Crippen LogP contribution in [0.4, 0.5) is 11.8 Å². The van der Waals surface area contributed by atoms with E-state index in [0.29, 0.717) is 11.9 Å². The van der Waals surface area contributed by atoms with Crippen molar-refractivity contribution in [3.8, 4) is 0 Å². The highest BCUT2D eigenvalue weighted by atomic mass is 79.9. The fourth-order valence-electron chi connectivity index (χ4n) is 2.50. The summed E-state index contributed by atoms with van der Waals surface area (Å²) in [4.78, 5) is 11.1. The number of halogens is 1. The summed E-state index contributed by atoms with van der Waals surface area (Å²) in [5.74, 6) is 2.18. The SMILES string of the molecule is CCNc1ncc(Br)c(N2CCCC(CCO)C2)n1. The highest BCUT2D eigenvalue weighted by Crippen LogP contribution is 2.29. The molecule has 1 unspecified atom stereocenters. The van der Waals surface area contributed by atoms with E-state index in [1.807, 2.05) is 6.92 Å². The second-order valence-electron chi connectivity index (χ2n) is 4.86. The Kier molecular flexibility index (Phi) is 5.39. The number of rotatable bonds is 5. The van der Waals surface area contributed by atoms with Crippen LogP contribution < -0.4 is 10.2 Å². The smallest absolute Gasteiger partial charge is 0.224 e. The first-order chi connectivity index (χ1) is 9.24. The van der Waals surface area contributed by atoms with Crippen molar-refractivity contribution >= 4 is 27.7 Å². The van der Waals surface area contributed by atoms with Gasteiger partial charge in [0.25, 0.3) is 0 Å². The lowest BCUT2D eigenvalue weighted by Crippen LogP contribution is -2.36. The molecule has 0 aliphatic carbocycles. The molecule has 0 spiro atoms. The Bertz CT molecular complexity index is 414. The first-order valence-corrected chi connectivity index (χ1v) is 7.66. The van der Waals surface area contributed by atoms with Crippen molar-refractivity contribution in [3.63, 3.8) is 0 Å². The number of piperidine rings is 1. The lowest BCUT2D eigenvalue weighted by molar-refractivity contribution is 0.244. The van der Waals surface area contributed by atoms with Crippen molar-refractivity contribution in [1.29, 1.82) is 0 Å². The fourth-order valence-corrected chi connectivity index (χ4v) is 2.94. The molecule has 0 radical (unpaired) electrons. The molecule has 0 amide bonds. The topological polar surface area (TPSA) is 61.3 Å². The van der Waals surface area contributed by atoms with Crippen molar-refractivity contribution < 1.29 is 5.11 Å². The van der Waals surface area contributed by atoms with Crippen LogP contribution in [0.1, 0.15) is 26.2 Å². The molecule has 0 saturated carbocycles. The van der Waals surface area contributed by atoms with E-state index in [-0.39, 0.29) is 6.61 Å². The quantitative estimate of drug-likeness (QED) is 0.868. The van der Waals surface area contributed by atoms with E-state index in [4.69, 9.17) is 5.11 Å². The third-order valence-corrected chi connectivity index (χ3v) is 3.98. The van der Waals surface area contributed by atoms with Crippen LogP contribution in [0.25, 0.3) is 0 Å². The summed E-state index contributed by atoms with van der Waals surface area (Å²) in [7, 11) is 0. The van der Waals surface area contributed by atoms with Gasteiger partial charge < -0.3 is 15.3 Å². The Balaban J connectivity index is 2.13. The second-order valence-corrected chi connectivity index (χ2v) is 5.72. The third kappa shape index (κ3) is 3.79. The zero-order chi connectivity index (χ0) is 13.7.